The van der Waals surface area contributed by atoms with E-state index in [2.05, 4.69) is 40.8 Å². The Balaban J connectivity index is 1.42. The molecule has 0 saturated carbocycles. The number of rotatable bonds is 8. The third-order valence-corrected chi connectivity index (χ3v) is 5.88. The molecule has 2 heterocycles. The summed E-state index contributed by atoms with van der Waals surface area (Å²) in [7, 11) is 1.73. The number of anilines is 1. The van der Waals surface area contributed by atoms with Crippen molar-refractivity contribution in [3.05, 3.63) is 53.3 Å². The number of amides is 1. The van der Waals surface area contributed by atoms with Gasteiger partial charge in [-0.3, -0.25) is 9.69 Å². The van der Waals surface area contributed by atoms with Gasteiger partial charge in [0.1, 0.15) is 11.6 Å². The van der Waals surface area contributed by atoms with Crippen LogP contribution >= 0.6 is 0 Å². The molecule has 0 saturated heterocycles. The highest BCUT2D eigenvalue weighted by Gasteiger charge is 2.20. The summed E-state index contributed by atoms with van der Waals surface area (Å²) in [5.74, 6) is 1.96. The molecule has 2 aromatic carbocycles. The highest BCUT2D eigenvalue weighted by molar-refractivity contribution is 5.94. The minimum Gasteiger partial charge on any atom is -0.483 e. The fourth-order valence-corrected chi connectivity index (χ4v) is 4.14. The Kier molecular flexibility index (Phi) is 6.77. The van der Waals surface area contributed by atoms with Crippen molar-refractivity contribution < 1.29 is 14.3 Å². The number of aryl methyl sites for hydroxylation is 1. The van der Waals surface area contributed by atoms with Crippen LogP contribution in [0.3, 0.4) is 0 Å². The Labute approximate surface area is 189 Å². The summed E-state index contributed by atoms with van der Waals surface area (Å²) in [5, 5.41) is 2.94. The number of benzene rings is 2. The van der Waals surface area contributed by atoms with Crippen LogP contribution < -0.4 is 10.1 Å². The summed E-state index contributed by atoms with van der Waals surface area (Å²) in [4.78, 5) is 19.7. The average Bonchev–Trinajstić information content (AvgIpc) is 3.13. The number of carbonyl (C=O) groups excluding carboxylic acids is 1. The molecule has 1 aliphatic heterocycles. The van der Waals surface area contributed by atoms with Gasteiger partial charge in [0.25, 0.3) is 5.91 Å². The lowest BCUT2D eigenvalue weighted by atomic mass is 10.0. The molecule has 0 atom stereocenters. The van der Waals surface area contributed by atoms with Crippen LogP contribution in [0.2, 0.25) is 0 Å². The summed E-state index contributed by atoms with van der Waals surface area (Å²) in [6.07, 6.45) is 0. The molecule has 170 valence electrons. The maximum absolute atomic E-state index is 12.5. The van der Waals surface area contributed by atoms with Crippen LogP contribution in [0.25, 0.3) is 11.0 Å². The topological polar surface area (TPSA) is 68.6 Å². The lowest BCUT2D eigenvalue weighted by Gasteiger charge is -2.27. The summed E-state index contributed by atoms with van der Waals surface area (Å²) < 4.78 is 13.3. The van der Waals surface area contributed by atoms with Crippen LogP contribution in [0.15, 0.2) is 36.4 Å². The van der Waals surface area contributed by atoms with E-state index in [9.17, 15) is 4.79 Å². The van der Waals surface area contributed by atoms with Gasteiger partial charge < -0.3 is 19.4 Å². The number of aromatic nitrogens is 2. The van der Waals surface area contributed by atoms with E-state index in [1.165, 1.54) is 0 Å². The molecule has 4 rings (SSSR count). The van der Waals surface area contributed by atoms with Gasteiger partial charge in [0.15, 0.2) is 6.61 Å². The smallest absolute Gasteiger partial charge is 0.262 e. The molecule has 0 unspecified atom stereocenters. The SMILES string of the molecule is COCCN1CCn2c(nc3cc(NC(=O)COc4cc(C)ccc4C(C)C)ccc32)C1. The molecule has 1 amide bonds. The zero-order valence-electron chi connectivity index (χ0n) is 19.4. The molecule has 0 aliphatic carbocycles. The second-order valence-corrected chi connectivity index (χ2v) is 8.68. The summed E-state index contributed by atoms with van der Waals surface area (Å²) in [5.41, 5.74) is 4.94. The van der Waals surface area contributed by atoms with Gasteiger partial charge in [-0.2, -0.15) is 0 Å². The minimum atomic E-state index is -0.185. The van der Waals surface area contributed by atoms with Gasteiger partial charge >= 0.3 is 0 Å². The first-order valence-corrected chi connectivity index (χ1v) is 11.2. The second-order valence-electron chi connectivity index (χ2n) is 8.68. The summed E-state index contributed by atoms with van der Waals surface area (Å²) >= 11 is 0. The molecule has 3 aromatic rings. The zero-order valence-corrected chi connectivity index (χ0v) is 19.4. The molecule has 0 bridgehead atoms. The Morgan fingerprint density at radius 3 is 2.81 bits per heavy atom. The largest absolute Gasteiger partial charge is 0.483 e. The average molecular weight is 437 g/mol. The monoisotopic (exact) mass is 436 g/mol. The normalized spacial score (nSPS) is 14.0. The third kappa shape index (κ3) is 4.95. The molecule has 0 spiro atoms. The van der Waals surface area contributed by atoms with E-state index < -0.39 is 0 Å². The number of ether oxygens (including phenoxy) is 2. The predicted molar refractivity (Wildman–Crippen MR) is 126 cm³/mol. The molecule has 1 aromatic heterocycles. The Morgan fingerprint density at radius 2 is 2.03 bits per heavy atom. The molecular formula is C25H32N4O3. The quantitative estimate of drug-likeness (QED) is 0.579. The third-order valence-electron chi connectivity index (χ3n) is 5.88. The maximum atomic E-state index is 12.5. The number of hydrogen-bond acceptors (Lipinski definition) is 5. The van der Waals surface area contributed by atoms with Crippen molar-refractivity contribution in [2.24, 2.45) is 0 Å². The number of carbonyl (C=O) groups is 1. The van der Waals surface area contributed by atoms with Crippen LogP contribution in [-0.2, 0) is 22.6 Å². The van der Waals surface area contributed by atoms with Crippen molar-refractivity contribution >= 4 is 22.6 Å². The predicted octanol–water partition coefficient (Wildman–Crippen LogP) is 3.95. The van der Waals surface area contributed by atoms with Gasteiger partial charge in [0, 0.05) is 32.4 Å². The van der Waals surface area contributed by atoms with E-state index in [4.69, 9.17) is 14.5 Å². The molecule has 7 heteroatoms. The van der Waals surface area contributed by atoms with E-state index in [1.54, 1.807) is 7.11 Å². The highest BCUT2D eigenvalue weighted by Crippen LogP contribution is 2.28. The number of methoxy groups -OCH3 is 1. The van der Waals surface area contributed by atoms with Gasteiger partial charge in [-0.15, -0.1) is 0 Å². The Bertz CT molecular complexity index is 1110. The first kappa shape index (κ1) is 22.3. The van der Waals surface area contributed by atoms with Gasteiger partial charge in [-0.05, 0) is 48.2 Å². The summed E-state index contributed by atoms with van der Waals surface area (Å²) in [6, 6.07) is 12.0. The standard InChI is InChI=1S/C25H32N4O3/c1-17(2)20-7-5-18(3)13-23(20)32-16-25(30)26-19-6-8-22-21(14-19)27-24-15-28(11-12-31-4)9-10-29(22)24/h5-8,13-14,17H,9-12,15-16H2,1-4H3,(H,26,30). The minimum absolute atomic E-state index is 0.0324. The fourth-order valence-electron chi connectivity index (χ4n) is 4.14. The number of hydrogen-bond donors (Lipinski definition) is 1. The Hall–Kier alpha value is -2.90. The molecule has 1 aliphatic rings. The van der Waals surface area contributed by atoms with E-state index in [0.29, 0.717) is 5.92 Å². The Morgan fingerprint density at radius 1 is 1.19 bits per heavy atom. The van der Waals surface area contributed by atoms with Crippen molar-refractivity contribution in [1.82, 2.24) is 14.5 Å². The van der Waals surface area contributed by atoms with Crippen molar-refractivity contribution in [2.45, 2.75) is 39.8 Å². The second kappa shape index (κ2) is 9.71. The maximum Gasteiger partial charge on any atom is 0.262 e. The first-order chi connectivity index (χ1) is 15.4. The van der Waals surface area contributed by atoms with E-state index in [0.717, 1.165) is 72.2 Å². The van der Waals surface area contributed by atoms with Crippen molar-refractivity contribution in [1.29, 1.82) is 0 Å². The highest BCUT2D eigenvalue weighted by atomic mass is 16.5. The number of nitrogens with one attached hydrogen (secondary N) is 1. The lowest BCUT2D eigenvalue weighted by Crippen LogP contribution is -2.35. The number of imidazole rings is 1. The lowest BCUT2D eigenvalue weighted by molar-refractivity contribution is -0.118. The number of fused-ring (bicyclic) bond motifs is 3. The molecule has 1 N–H and O–H groups in total. The number of nitrogens with zero attached hydrogens (tertiary/aromatic N) is 3. The molecule has 32 heavy (non-hydrogen) atoms. The van der Waals surface area contributed by atoms with Crippen LogP contribution in [0.5, 0.6) is 5.75 Å². The van der Waals surface area contributed by atoms with E-state index >= 15 is 0 Å². The molecule has 0 fully saturated rings. The molecular weight excluding hydrogens is 404 g/mol. The van der Waals surface area contributed by atoms with Crippen LogP contribution in [-0.4, -0.2) is 53.8 Å². The first-order valence-electron chi connectivity index (χ1n) is 11.2. The van der Waals surface area contributed by atoms with Crippen molar-refractivity contribution in [3.8, 4) is 5.75 Å². The zero-order chi connectivity index (χ0) is 22.7. The van der Waals surface area contributed by atoms with Crippen LogP contribution in [0.1, 0.15) is 36.7 Å². The van der Waals surface area contributed by atoms with Crippen LogP contribution in [0.4, 0.5) is 5.69 Å². The fraction of sp³-hybridized carbons (Fsp3) is 0.440. The summed E-state index contributed by atoms with van der Waals surface area (Å²) in [6.45, 7) is 10.5. The van der Waals surface area contributed by atoms with Gasteiger partial charge in [-0.1, -0.05) is 26.0 Å². The molecule has 7 nitrogen and oxygen atoms in total. The van der Waals surface area contributed by atoms with Gasteiger partial charge in [0.05, 0.1) is 24.2 Å². The van der Waals surface area contributed by atoms with E-state index in [1.807, 2.05) is 31.2 Å². The van der Waals surface area contributed by atoms with Gasteiger partial charge in [0.2, 0.25) is 0 Å². The van der Waals surface area contributed by atoms with Crippen molar-refractivity contribution in [3.63, 3.8) is 0 Å². The molecule has 0 radical (unpaired) electrons. The van der Waals surface area contributed by atoms with E-state index in [-0.39, 0.29) is 12.5 Å². The van der Waals surface area contributed by atoms with Crippen molar-refractivity contribution in [2.75, 3.05) is 38.7 Å². The van der Waals surface area contributed by atoms with Gasteiger partial charge in [-0.25, -0.2) is 4.98 Å². The van der Waals surface area contributed by atoms with Crippen LogP contribution in [0, 0.1) is 6.92 Å².